The lowest BCUT2D eigenvalue weighted by Crippen LogP contribution is -2.31. The second kappa shape index (κ2) is 6.90. The number of halogens is 1. The van der Waals surface area contributed by atoms with Crippen molar-refractivity contribution in [3.8, 4) is 11.3 Å². The Hall–Kier alpha value is -1.91. The van der Waals surface area contributed by atoms with Gasteiger partial charge in [0.15, 0.2) is 0 Å². The number of aromatic nitrogens is 1. The van der Waals surface area contributed by atoms with Crippen molar-refractivity contribution in [2.24, 2.45) is 0 Å². The Kier molecular flexibility index (Phi) is 4.71. The zero-order chi connectivity index (χ0) is 15.4. The Labute approximate surface area is 134 Å². The SMILES string of the molecule is O=C(NC[C@@H]1CCCO1)c1cccc(-c2ncccc2Cl)c1. The van der Waals surface area contributed by atoms with Gasteiger partial charge in [-0.15, -0.1) is 0 Å². The van der Waals surface area contributed by atoms with Crippen LogP contribution in [0.5, 0.6) is 0 Å². The molecular formula is C17H17ClN2O2. The highest BCUT2D eigenvalue weighted by Gasteiger charge is 2.17. The van der Waals surface area contributed by atoms with Crippen molar-refractivity contribution in [1.82, 2.24) is 10.3 Å². The molecule has 2 aromatic rings. The van der Waals surface area contributed by atoms with Gasteiger partial charge in [0.05, 0.1) is 16.8 Å². The van der Waals surface area contributed by atoms with Crippen molar-refractivity contribution >= 4 is 17.5 Å². The number of nitrogens with one attached hydrogen (secondary N) is 1. The van der Waals surface area contributed by atoms with Gasteiger partial charge in [-0.1, -0.05) is 23.7 Å². The van der Waals surface area contributed by atoms with Crippen molar-refractivity contribution in [1.29, 1.82) is 0 Å². The van der Waals surface area contributed by atoms with Crippen LogP contribution in [0.25, 0.3) is 11.3 Å². The summed E-state index contributed by atoms with van der Waals surface area (Å²) in [7, 11) is 0. The molecule has 0 bridgehead atoms. The van der Waals surface area contributed by atoms with Gasteiger partial charge in [-0.25, -0.2) is 0 Å². The van der Waals surface area contributed by atoms with E-state index in [2.05, 4.69) is 10.3 Å². The first-order valence-electron chi connectivity index (χ1n) is 7.35. The van der Waals surface area contributed by atoms with Gasteiger partial charge < -0.3 is 10.1 Å². The molecule has 4 nitrogen and oxygen atoms in total. The van der Waals surface area contributed by atoms with E-state index >= 15 is 0 Å². The smallest absolute Gasteiger partial charge is 0.251 e. The Morgan fingerprint density at radius 1 is 1.36 bits per heavy atom. The van der Waals surface area contributed by atoms with Crippen LogP contribution in [0.1, 0.15) is 23.2 Å². The van der Waals surface area contributed by atoms with Crippen molar-refractivity contribution in [3.63, 3.8) is 0 Å². The zero-order valence-electron chi connectivity index (χ0n) is 12.1. The van der Waals surface area contributed by atoms with E-state index in [0.29, 0.717) is 22.8 Å². The Balaban J connectivity index is 1.73. The zero-order valence-corrected chi connectivity index (χ0v) is 12.8. The second-order valence-electron chi connectivity index (χ2n) is 5.26. The monoisotopic (exact) mass is 316 g/mol. The molecule has 1 saturated heterocycles. The predicted octanol–water partition coefficient (Wildman–Crippen LogP) is 3.31. The minimum atomic E-state index is -0.107. The third kappa shape index (κ3) is 3.46. The average Bonchev–Trinajstić information content (AvgIpc) is 3.06. The van der Waals surface area contributed by atoms with Gasteiger partial charge in [0.1, 0.15) is 0 Å². The van der Waals surface area contributed by atoms with Gasteiger partial charge in [0.25, 0.3) is 5.91 Å². The summed E-state index contributed by atoms with van der Waals surface area (Å²) in [6, 6.07) is 10.9. The van der Waals surface area contributed by atoms with Crippen LogP contribution in [-0.4, -0.2) is 30.1 Å². The number of amides is 1. The van der Waals surface area contributed by atoms with Gasteiger partial charge in [0.2, 0.25) is 0 Å². The third-order valence-corrected chi connectivity index (χ3v) is 3.98. The number of rotatable bonds is 4. The van der Waals surface area contributed by atoms with Crippen molar-refractivity contribution < 1.29 is 9.53 Å². The molecule has 2 heterocycles. The van der Waals surface area contributed by atoms with Gasteiger partial charge in [-0.05, 0) is 37.1 Å². The summed E-state index contributed by atoms with van der Waals surface area (Å²) in [5.74, 6) is -0.107. The molecule has 1 fully saturated rings. The maximum absolute atomic E-state index is 12.2. The highest BCUT2D eigenvalue weighted by Crippen LogP contribution is 2.25. The quantitative estimate of drug-likeness (QED) is 0.941. The lowest BCUT2D eigenvalue weighted by molar-refractivity contribution is 0.0858. The van der Waals surface area contributed by atoms with Crippen LogP contribution < -0.4 is 5.32 Å². The summed E-state index contributed by atoms with van der Waals surface area (Å²) in [5.41, 5.74) is 2.10. The first-order valence-corrected chi connectivity index (χ1v) is 7.72. The first-order chi connectivity index (χ1) is 10.7. The van der Waals surface area contributed by atoms with Gasteiger partial charge in [-0.2, -0.15) is 0 Å². The molecule has 1 N–H and O–H groups in total. The summed E-state index contributed by atoms with van der Waals surface area (Å²) in [5, 5.41) is 3.49. The molecule has 0 spiro atoms. The molecule has 114 valence electrons. The Bertz CT molecular complexity index is 669. The lowest BCUT2D eigenvalue weighted by atomic mass is 10.1. The summed E-state index contributed by atoms with van der Waals surface area (Å²) in [6.07, 6.45) is 3.89. The fourth-order valence-electron chi connectivity index (χ4n) is 2.52. The fourth-order valence-corrected chi connectivity index (χ4v) is 2.75. The van der Waals surface area contributed by atoms with Gasteiger partial charge in [-0.3, -0.25) is 9.78 Å². The minimum Gasteiger partial charge on any atom is -0.376 e. The average molecular weight is 317 g/mol. The molecule has 1 aromatic heterocycles. The molecule has 1 aromatic carbocycles. The van der Waals surface area contributed by atoms with Crippen molar-refractivity contribution in [2.45, 2.75) is 18.9 Å². The number of ether oxygens (including phenoxy) is 1. The molecular weight excluding hydrogens is 300 g/mol. The van der Waals surface area contributed by atoms with Crippen LogP contribution in [0.4, 0.5) is 0 Å². The molecule has 1 amide bonds. The molecule has 3 rings (SSSR count). The van der Waals surface area contributed by atoms with Gasteiger partial charge in [0, 0.05) is 30.5 Å². The number of carbonyl (C=O) groups is 1. The molecule has 0 unspecified atom stereocenters. The molecule has 5 heteroatoms. The molecule has 0 saturated carbocycles. The Morgan fingerprint density at radius 2 is 2.27 bits per heavy atom. The number of nitrogens with zero attached hydrogens (tertiary/aromatic N) is 1. The van der Waals surface area contributed by atoms with E-state index in [1.165, 1.54) is 0 Å². The van der Waals surface area contributed by atoms with Crippen molar-refractivity contribution in [3.05, 3.63) is 53.2 Å². The number of benzene rings is 1. The van der Waals surface area contributed by atoms with E-state index in [1.807, 2.05) is 12.1 Å². The van der Waals surface area contributed by atoms with Gasteiger partial charge >= 0.3 is 0 Å². The topological polar surface area (TPSA) is 51.2 Å². The molecule has 1 aliphatic heterocycles. The largest absolute Gasteiger partial charge is 0.376 e. The molecule has 1 aliphatic rings. The summed E-state index contributed by atoms with van der Waals surface area (Å²) < 4.78 is 5.51. The Morgan fingerprint density at radius 3 is 3.05 bits per heavy atom. The van der Waals surface area contributed by atoms with E-state index in [1.54, 1.807) is 30.5 Å². The molecule has 1 atom stereocenters. The highest BCUT2D eigenvalue weighted by molar-refractivity contribution is 6.33. The van der Waals surface area contributed by atoms with Crippen LogP contribution in [0, 0.1) is 0 Å². The fraction of sp³-hybridized carbons (Fsp3) is 0.294. The predicted molar refractivity (Wildman–Crippen MR) is 86.0 cm³/mol. The third-order valence-electron chi connectivity index (χ3n) is 3.67. The number of pyridine rings is 1. The minimum absolute atomic E-state index is 0.107. The highest BCUT2D eigenvalue weighted by atomic mass is 35.5. The standard InChI is InChI=1S/C17H17ClN2O2/c18-15-7-2-8-19-16(15)12-4-1-5-13(10-12)17(21)20-11-14-6-3-9-22-14/h1-2,4-5,7-8,10,14H,3,6,9,11H2,(H,20,21)/t14-/m0/s1. The summed E-state index contributed by atoms with van der Waals surface area (Å²) in [6.45, 7) is 1.33. The van der Waals surface area contributed by atoms with E-state index in [0.717, 1.165) is 25.0 Å². The van der Waals surface area contributed by atoms with Crippen LogP contribution in [0.3, 0.4) is 0 Å². The first kappa shape index (κ1) is 15.0. The van der Waals surface area contributed by atoms with Crippen LogP contribution in [-0.2, 0) is 4.74 Å². The maximum atomic E-state index is 12.2. The van der Waals surface area contributed by atoms with Crippen LogP contribution in [0.15, 0.2) is 42.6 Å². The van der Waals surface area contributed by atoms with Crippen LogP contribution in [0.2, 0.25) is 5.02 Å². The summed E-state index contributed by atoms with van der Waals surface area (Å²) >= 11 is 6.16. The van der Waals surface area contributed by atoms with E-state index in [9.17, 15) is 4.79 Å². The number of hydrogen-bond acceptors (Lipinski definition) is 3. The van der Waals surface area contributed by atoms with Crippen molar-refractivity contribution in [2.75, 3.05) is 13.2 Å². The molecule has 22 heavy (non-hydrogen) atoms. The molecule has 0 radical (unpaired) electrons. The van der Waals surface area contributed by atoms with Crippen LogP contribution >= 0.6 is 11.6 Å². The summed E-state index contributed by atoms with van der Waals surface area (Å²) in [4.78, 5) is 16.5. The second-order valence-corrected chi connectivity index (χ2v) is 5.67. The maximum Gasteiger partial charge on any atom is 0.251 e. The molecule has 0 aliphatic carbocycles. The van der Waals surface area contributed by atoms with E-state index in [4.69, 9.17) is 16.3 Å². The lowest BCUT2D eigenvalue weighted by Gasteiger charge is -2.11. The number of hydrogen-bond donors (Lipinski definition) is 1. The normalized spacial score (nSPS) is 17.4. The van der Waals surface area contributed by atoms with E-state index in [-0.39, 0.29) is 12.0 Å². The number of carbonyl (C=O) groups excluding carboxylic acids is 1. The van der Waals surface area contributed by atoms with E-state index < -0.39 is 0 Å².